The minimum absolute atomic E-state index is 0.0407. The first kappa shape index (κ1) is 17.9. The van der Waals surface area contributed by atoms with Crippen molar-refractivity contribution in [3.63, 3.8) is 0 Å². The van der Waals surface area contributed by atoms with E-state index in [4.69, 9.17) is 0 Å². The van der Waals surface area contributed by atoms with E-state index in [1.165, 1.54) is 12.1 Å². The van der Waals surface area contributed by atoms with Crippen LogP contribution in [-0.4, -0.2) is 32.6 Å². The Morgan fingerprint density at radius 1 is 1.15 bits per heavy atom. The summed E-state index contributed by atoms with van der Waals surface area (Å²) in [4.78, 5) is 32.1. The van der Waals surface area contributed by atoms with Gasteiger partial charge in [0.1, 0.15) is 11.8 Å². The lowest BCUT2D eigenvalue weighted by molar-refractivity contribution is -0.393. The van der Waals surface area contributed by atoms with Crippen molar-refractivity contribution in [3.05, 3.63) is 38.4 Å². The van der Waals surface area contributed by atoms with Gasteiger partial charge in [-0.3, -0.25) is 30.4 Å². The van der Waals surface area contributed by atoms with Gasteiger partial charge in [-0.15, -0.1) is 0 Å². The van der Waals surface area contributed by atoms with Crippen molar-refractivity contribution in [2.24, 2.45) is 16.9 Å². The van der Waals surface area contributed by atoms with Crippen LogP contribution in [0.5, 0.6) is 0 Å². The molecular weight excluding hydrogens is 344 g/mol. The second-order valence-corrected chi connectivity index (χ2v) is 6.54. The van der Waals surface area contributed by atoms with E-state index < -0.39 is 21.6 Å². The number of nitro groups is 2. The molecule has 0 radical (unpaired) electrons. The molecule has 0 amide bonds. The quantitative estimate of drug-likeness (QED) is 0.603. The van der Waals surface area contributed by atoms with E-state index >= 15 is 0 Å². The molecule has 0 aromatic heterocycles. The van der Waals surface area contributed by atoms with Crippen molar-refractivity contribution in [1.29, 1.82) is 0 Å². The van der Waals surface area contributed by atoms with Gasteiger partial charge < -0.3 is 5.11 Å². The van der Waals surface area contributed by atoms with Gasteiger partial charge in [0.05, 0.1) is 15.9 Å². The van der Waals surface area contributed by atoms with Gasteiger partial charge in [-0.05, 0) is 31.7 Å². The molecule has 2 fully saturated rings. The van der Waals surface area contributed by atoms with E-state index in [9.17, 15) is 30.1 Å². The normalized spacial score (nSPS) is 27.0. The number of anilines is 1. The second-order valence-electron chi connectivity index (χ2n) is 6.54. The molecule has 0 saturated heterocycles. The number of nitro benzene ring substituents is 2. The van der Waals surface area contributed by atoms with Gasteiger partial charge in [-0.1, -0.05) is 0 Å². The number of carbonyl (C=O) groups is 1. The minimum atomic E-state index is -0.975. The molecule has 2 N–H and O–H groups in total. The van der Waals surface area contributed by atoms with Gasteiger partial charge in [-0.2, -0.15) is 5.10 Å². The number of hydrazone groups is 1. The molecule has 0 spiro atoms. The number of nitrogens with one attached hydrogen (secondary N) is 1. The molecule has 3 rings (SSSR count). The highest BCUT2D eigenvalue weighted by Gasteiger charge is 2.41. The highest BCUT2D eigenvalue weighted by atomic mass is 16.6. The zero-order valence-electron chi connectivity index (χ0n) is 13.8. The molecule has 0 aliphatic heterocycles. The van der Waals surface area contributed by atoms with E-state index in [-0.39, 0.29) is 29.0 Å². The van der Waals surface area contributed by atoms with E-state index in [1.54, 1.807) is 0 Å². The van der Waals surface area contributed by atoms with E-state index in [1.807, 2.05) is 0 Å². The van der Waals surface area contributed by atoms with Crippen molar-refractivity contribution >= 4 is 28.6 Å². The zero-order chi connectivity index (χ0) is 18.8. The van der Waals surface area contributed by atoms with Gasteiger partial charge in [0, 0.05) is 30.0 Å². The number of aliphatic hydroxyl groups is 1. The van der Waals surface area contributed by atoms with Crippen LogP contribution in [0, 0.1) is 32.1 Å². The van der Waals surface area contributed by atoms with E-state index in [2.05, 4.69) is 10.5 Å². The fourth-order valence-electron chi connectivity index (χ4n) is 3.74. The molecule has 3 atom stereocenters. The third kappa shape index (κ3) is 3.40. The molecule has 1 aromatic rings. The summed E-state index contributed by atoms with van der Waals surface area (Å²) in [5.74, 6) is -0.362. The summed E-state index contributed by atoms with van der Waals surface area (Å²) in [7, 11) is 0. The molecule has 2 saturated carbocycles. The molecule has 0 unspecified atom stereocenters. The summed E-state index contributed by atoms with van der Waals surface area (Å²) in [6.45, 7) is 0. The number of benzene rings is 1. The number of hydrogen-bond donors (Lipinski definition) is 2. The maximum atomic E-state index is 11.6. The Labute approximate surface area is 148 Å². The van der Waals surface area contributed by atoms with Gasteiger partial charge in [-0.25, -0.2) is 0 Å². The van der Waals surface area contributed by atoms with Crippen LogP contribution in [0.3, 0.4) is 0 Å². The number of hydrogen-bond acceptors (Lipinski definition) is 8. The first-order valence-corrected chi connectivity index (χ1v) is 8.34. The first-order chi connectivity index (χ1) is 12.4. The Hall–Kier alpha value is -2.88. The lowest BCUT2D eigenvalue weighted by Crippen LogP contribution is -2.29. The van der Waals surface area contributed by atoms with Crippen LogP contribution in [-0.2, 0) is 4.79 Å². The number of rotatable bonds is 5. The van der Waals surface area contributed by atoms with Gasteiger partial charge >= 0.3 is 5.69 Å². The summed E-state index contributed by atoms with van der Waals surface area (Å²) >= 11 is 0. The Kier molecular flexibility index (Phi) is 4.94. The average molecular weight is 362 g/mol. The molecule has 26 heavy (non-hydrogen) atoms. The smallest absolute Gasteiger partial charge is 0.301 e. The summed E-state index contributed by atoms with van der Waals surface area (Å²) in [6, 6.07) is 3.30. The van der Waals surface area contributed by atoms with Crippen molar-refractivity contribution in [1.82, 2.24) is 0 Å². The second kappa shape index (κ2) is 7.16. The van der Waals surface area contributed by atoms with Crippen molar-refractivity contribution in [2.75, 3.05) is 5.43 Å². The molecule has 1 aromatic carbocycles. The number of carbonyl (C=O) groups excluding carboxylic acids is 1. The lowest BCUT2D eigenvalue weighted by atomic mass is 9.87. The van der Waals surface area contributed by atoms with Crippen LogP contribution in [0.4, 0.5) is 17.1 Å². The molecule has 138 valence electrons. The lowest BCUT2D eigenvalue weighted by Gasteiger charge is -2.21. The number of non-ortho nitro benzene ring substituents is 1. The summed E-state index contributed by atoms with van der Waals surface area (Å²) in [5, 5.41) is 36.3. The van der Waals surface area contributed by atoms with Crippen LogP contribution in [0.1, 0.15) is 32.1 Å². The third-order valence-corrected chi connectivity index (χ3v) is 5.06. The van der Waals surface area contributed by atoms with Gasteiger partial charge in [0.15, 0.2) is 5.78 Å². The maximum Gasteiger partial charge on any atom is 0.301 e. The standard InChI is InChI=1S/C16H18N4O6/c21-15-7-5-11(16(15)22)10-2-1-3-12(10)17-18-13-6-4-9(19(23)24)8-14(13)20(25)26/h4,6,8,10-11,16,18,22H,1-3,5,7H2/b17-12-/t10-,11-,16-/m1/s1. The van der Waals surface area contributed by atoms with Crippen molar-refractivity contribution in [3.8, 4) is 0 Å². The average Bonchev–Trinajstić information content (AvgIpc) is 3.19. The Morgan fingerprint density at radius 3 is 2.54 bits per heavy atom. The van der Waals surface area contributed by atoms with Crippen LogP contribution in [0.25, 0.3) is 0 Å². The number of ketones is 1. The zero-order valence-corrected chi connectivity index (χ0v) is 13.8. The maximum absolute atomic E-state index is 11.6. The fraction of sp³-hybridized carbons (Fsp3) is 0.500. The summed E-state index contributed by atoms with van der Waals surface area (Å²) in [5.41, 5.74) is 2.65. The minimum Gasteiger partial charge on any atom is -0.385 e. The van der Waals surface area contributed by atoms with E-state index in [0.29, 0.717) is 19.3 Å². The molecule has 0 heterocycles. The molecule has 0 bridgehead atoms. The predicted octanol–water partition coefficient (Wildman–Crippen LogP) is 2.41. The molecule has 10 nitrogen and oxygen atoms in total. The van der Waals surface area contributed by atoms with Crippen molar-refractivity contribution in [2.45, 2.75) is 38.2 Å². The number of nitrogens with zero attached hydrogens (tertiary/aromatic N) is 3. The summed E-state index contributed by atoms with van der Waals surface area (Å²) in [6.07, 6.45) is 2.34. The SMILES string of the molecule is O=C1CC[C@H]([C@H]2CCC/C2=N/Nc2ccc([N+](=O)[O-])cc2[N+](=O)[O-])[C@H]1O. The number of Topliss-reactive ketones (excluding diaryl/α,β-unsaturated/α-hetero) is 1. The first-order valence-electron chi connectivity index (χ1n) is 8.34. The highest BCUT2D eigenvalue weighted by molar-refractivity contribution is 5.92. The summed E-state index contributed by atoms with van der Waals surface area (Å²) < 4.78 is 0. The Morgan fingerprint density at radius 2 is 1.92 bits per heavy atom. The van der Waals surface area contributed by atoms with Crippen LogP contribution in [0.15, 0.2) is 23.3 Å². The fourth-order valence-corrected chi connectivity index (χ4v) is 3.74. The van der Waals surface area contributed by atoms with Crippen LogP contribution >= 0.6 is 0 Å². The molecule has 2 aliphatic rings. The van der Waals surface area contributed by atoms with Gasteiger partial charge in [0.2, 0.25) is 0 Å². The highest BCUT2D eigenvalue weighted by Crippen LogP contribution is 2.38. The molecular formula is C16H18N4O6. The monoisotopic (exact) mass is 362 g/mol. The van der Waals surface area contributed by atoms with Crippen molar-refractivity contribution < 1.29 is 19.7 Å². The Bertz CT molecular complexity index is 793. The van der Waals surface area contributed by atoms with E-state index in [0.717, 1.165) is 24.6 Å². The number of aliphatic hydroxyl groups excluding tert-OH is 1. The largest absolute Gasteiger partial charge is 0.385 e. The predicted molar refractivity (Wildman–Crippen MR) is 91.9 cm³/mol. The topological polar surface area (TPSA) is 148 Å². The van der Waals surface area contributed by atoms with Gasteiger partial charge in [0.25, 0.3) is 5.69 Å². The molecule has 10 heteroatoms. The van der Waals surface area contributed by atoms with Crippen LogP contribution in [0.2, 0.25) is 0 Å². The Balaban J connectivity index is 1.81. The molecule has 2 aliphatic carbocycles. The van der Waals surface area contributed by atoms with Crippen LogP contribution < -0.4 is 5.43 Å². The third-order valence-electron chi connectivity index (χ3n) is 5.06.